The molecule has 86 heavy (non-hydrogen) atoms. The molecule has 0 bridgehead atoms. The van der Waals surface area contributed by atoms with Crippen LogP contribution in [0.1, 0.15) is 129 Å². The van der Waals surface area contributed by atoms with Crippen molar-refractivity contribution in [3.05, 3.63) is 83.6 Å². The summed E-state index contributed by atoms with van der Waals surface area (Å²) >= 11 is 0.896. The molecule has 5 N–H and O–H groups in total. The topological polar surface area (TPSA) is 258 Å². The lowest BCUT2D eigenvalue weighted by atomic mass is 9.81. The van der Waals surface area contributed by atoms with Crippen LogP contribution < -0.4 is 26.1 Å². The zero-order valence-corrected chi connectivity index (χ0v) is 52.7. The van der Waals surface area contributed by atoms with Gasteiger partial charge in [-0.25, -0.2) is 5.26 Å². The molecule has 0 fully saturated rings. The molecule has 0 saturated carbocycles. The van der Waals surface area contributed by atoms with Gasteiger partial charge in [0.2, 0.25) is 5.69 Å². The zero-order valence-electron chi connectivity index (χ0n) is 49.3. The molecule has 0 radical (unpaired) electrons. The summed E-state index contributed by atoms with van der Waals surface area (Å²) in [4.78, 5) is 24.5. The van der Waals surface area contributed by atoms with Crippen molar-refractivity contribution in [2.24, 2.45) is 0 Å². The summed E-state index contributed by atoms with van der Waals surface area (Å²) in [7, 11) is -10.9. The summed E-state index contributed by atoms with van der Waals surface area (Å²) in [6.07, 6.45) is 5.67. The van der Waals surface area contributed by atoms with Gasteiger partial charge in [-0.05, 0) is 114 Å². The van der Waals surface area contributed by atoms with E-state index in [2.05, 4.69) is 13.9 Å². The van der Waals surface area contributed by atoms with Crippen molar-refractivity contribution in [1.29, 1.82) is 0 Å². The van der Waals surface area contributed by atoms with Crippen LogP contribution in [0.25, 0.3) is 0 Å². The number of benzene rings is 2. The number of halogens is 6. The summed E-state index contributed by atoms with van der Waals surface area (Å²) in [5.41, 5.74) is 2.86. The normalized spacial score (nSPS) is 17.0. The lowest BCUT2D eigenvalue weighted by Gasteiger charge is -2.27. The number of ether oxygens (including phenoxy) is 1. The van der Waals surface area contributed by atoms with Crippen LogP contribution in [0.3, 0.4) is 0 Å². The largest absolute Gasteiger partial charge is 0.471 e. The summed E-state index contributed by atoms with van der Waals surface area (Å²) < 4.78 is 175. The van der Waals surface area contributed by atoms with Crippen LogP contribution in [0.15, 0.2) is 72.5 Å². The van der Waals surface area contributed by atoms with Gasteiger partial charge in [0.15, 0.2) is 5.71 Å². The second kappa shape index (κ2) is 35.4. The number of hydrogen-bond acceptors (Lipinski definition) is 17. The Hall–Kier alpha value is -3.99. The van der Waals surface area contributed by atoms with Crippen molar-refractivity contribution in [1.82, 2.24) is 10.6 Å². The fraction of sp³-hybridized carbons (Fsp3) is 0.625. The lowest BCUT2D eigenvalue weighted by molar-refractivity contribution is -0.438. The van der Waals surface area contributed by atoms with Crippen molar-refractivity contribution in [2.75, 3.05) is 89.3 Å². The quantitative estimate of drug-likeness (QED) is 0.00476. The molecule has 2 aromatic carbocycles. The second-order valence-electron chi connectivity index (χ2n) is 21.4. The summed E-state index contributed by atoms with van der Waals surface area (Å²) in [5.74, 6) is -4.24. The Balaban J connectivity index is 1.68. The highest BCUT2D eigenvalue weighted by Crippen LogP contribution is 2.53. The SMILES string of the molecule is COCCCCCCOP(=O)(OCCCCNC(=O)C(F)(F)F)c1ccc2c(c1)C(C)(C)/C(=C/C=C/C=C/C1=[N+](CCCSOOO)c3ccc(P(=O)(OCCCCCCO)OCCCCNC(=O)C(F)(F)F)cc3C1(C)C)N2CCCS(=O)(=O)O. The van der Waals surface area contributed by atoms with Gasteiger partial charge in [0.1, 0.15) is 6.54 Å². The van der Waals surface area contributed by atoms with E-state index in [1.54, 1.807) is 55.7 Å². The molecule has 2 amide bonds. The molecule has 4 rings (SSSR count). The van der Waals surface area contributed by atoms with E-state index in [4.69, 9.17) is 28.1 Å². The molecule has 20 nitrogen and oxygen atoms in total. The van der Waals surface area contributed by atoms with Gasteiger partial charge in [-0.3, -0.25) is 23.3 Å². The molecule has 486 valence electrons. The Morgan fingerprint density at radius 2 is 1.20 bits per heavy atom. The maximum Gasteiger partial charge on any atom is 0.471 e. The van der Waals surface area contributed by atoms with E-state index < -0.39 is 66.1 Å². The maximum atomic E-state index is 14.8. The number of alkyl halides is 6. The first-order chi connectivity index (χ1) is 40.6. The summed E-state index contributed by atoms with van der Waals surface area (Å²) in [6.45, 7) is 8.29. The molecular weight excluding hydrogens is 1220 g/mol. The highest BCUT2D eigenvalue weighted by atomic mass is 32.2. The third-order valence-corrected chi connectivity index (χ3v) is 19.5. The number of aliphatic hydroxyl groups excluding tert-OH is 1. The minimum atomic E-state index is -5.04. The lowest BCUT2D eigenvalue weighted by Crippen LogP contribution is -2.37. The fourth-order valence-electron chi connectivity index (χ4n) is 9.69. The second-order valence-corrected chi connectivity index (χ2v) is 27.8. The number of fused-ring (bicyclic) bond motifs is 2. The molecule has 2 aromatic rings. The molecule has 2 aliphatic heterocycles. The average Bonchev–Trinajstić information content (AvgIpc) is 1.61. The van der Waals surface area contributed by atoms with Gasteiger partial charge in [-0.15, -0.1) is 4.33 Å². The first-order valence-electron chi connectivity index (χ1n) is 28.5. The average molecular weight is 1310 g/mol. The van der Waals surface area contributed by atoms with Crippen LogP contribution in [0.5, 0.6) is 0 Å². The van der Waals surface area contributed by atoms with E-state index in [9.17, 15) is 63.1 Å². The number of carbonyl (C=O) groups excluding carboxylic acids is 2. The number of rotatable bonds is 42. The van der Waals surface area contributed by atoms with Gasteiger partial charge in [0.05, 0.1) is 48.2 Å². The Labute approximate surface area is 504 Å². The van der Waals surface area contributed by atoms with Crippen LogP contribution in [-0.2, 0) is 71.9 Å². The molecule has 0 aromatic heterocycles. The minimum absolute atomic E-state index is 0.0257. The third kappa shape index (κ3) is 23.1. The van der Waals surface area contributed by atoms with Gasteiger partial charge in [0, 0.05) is 98.7 Å². The first-order valence-corrected chi connectivity index (χ1v) is 34.1. The highest BCUT2D eigenvalue weighted by Gasteiger charge is 2.46. The summed E-state index contributed by atoms with van der Waals surface area (Å²) in [5, 5.41) is 25.8. The Morgan fingerprint density at radius 3 is 1.71 bits per heavy atom. The van der Waals surface area contributed by atoms with Crippen LogP contribution in [0.2, 0.25) is 0 Å². The number of unbranched alkanes of at least 4 members (excludes halogenated alkanes) is 8. The van der Waals surface area contributed by atoms with Crippen LogP contribution in [0.4, 0.5) is 37.7 Å². The Kier molecular flexibility index (Phi) is 30.7. The van der Waals surface area contributed by atoms with E-state index >= 15 is 0 Å². The van der Waals surface area contributed by atoms with Gasteiger partial charge in [-0.2, -0.15) is 39.3 Å². The van der Waals surface area contributed by atoms with Crippen molar-refractivity contribution in [3.63, 3.8) is 0 Å². The summed E-state index contributed by atoms with van der Waals surface area (Å²) in [6, 6.07) is 10.2. The fourth-order valence-corrected chi connectivity index (χ4v) is 13.9. The number of aliphatic hydroxyl groups is 1. The number of nitrogens with zero attached hydrogens (tertiary/aromatic N) is 2. The molecular formula is C56H83F6N4O16P2S2+. The van der Waals surface area contributed by atoms with Gasteiger partial charge in [0.25, 0.3) is 10.1 Å². The van der Waals surface area contributed by atoms with E-state index in [-0.39, 0.29) is 95.4 Å². The molecule has 2 aliphatic rings. The molecule has 30 heteroatoms. The molecule has 2 atom stereocenters. The van der Waals surface area contributed by atoms with Crippen molar-refractivity contribution >= 4 is 76.9 Å². The number of amides is 2. The van der Waals surface area contributed by atoms with Gasteiger partial charge in [-0.1, -0.05) is 62.8 Å². The number of allylic oxidation sites excluding steroid dienone is 6. The Bertz CT molecular complexity index is 2850. The molecule has 0 spiro atoms. The highest BCUT2D eigenvalue weighted by molar-refractivity contribution is 7.94. The van der Waals surface area contributed by atoms with Crippen LogP contribution >= 0.6 is 27.2 Å². The number of nitrogens with one attached hydrogen (secondary N) is 2. The van der Waals surface area contributed by atoms with E-state index in [0.29, 0.717) is 74.4 Å². The Morgan fingerprint density at radius 1 is 0.686 bits per heavy atom. The molecule has 2 heterocycles. The van der Waals surface area contributed by atoms with E-state index in [0.717, 1.165) is 48.3 Å². The predicted octanol–water partition coefficient (Wildman–Crippen LogP) is 11.0. The molecule has 0 saturated heterocycles. The smallest absolute Gasteiger partial charge is 0.396 e. The van der Waals surface area contributed by atoms with Crippen molar-refractivity contribution in [3.8, 4) is 0 Å². The van der Waals surface area contributed by atoms with Crippen molar-refractivity contribution < 1.29 is 105 Å². The first kappa shape index (κ1) is 74.5. The maximum absolute atomic E-state index is 14.8. The van der Waals surface area contributed by atoms with Crippen LogP contribution in [0, 0.1) is 0 Å². The van der Waals surface area contributed by atoms with Crippen molar-refractivity contribution in [2.45, 2.75) is 141 Å². The number of methoxy groups -OCH3 is 1. The molecule has 2 unspecified atom stereocenters. The third-order valence-electron chi connectivity index (χ3n) is 14.2. The van der Waals surface area contributed by atoms with E-state index in [1.807, 2.05) is 61.5 Å². The molecule has 0 aliphatic carbocycles. The van der Waals surface area contributed by atoms with Gasteiger partial charge < -0.3 is 43.5 Å². The van der Waals surface area contributed by atoms with E-state index in [1.165, 1.54) is 0 Å². The standard InChI is InChI=1S/C56H82F6N4O16P2S2/c1-53(2)45-41-43(83(71,77-35-17-7-6-15-33-67)79-37-19-13-29-63-51(68)55(57,58)59)25-27-47(45)65(31-21-39-85-82-81-70)49(53)23-11-10-12-24-50-54(3,4)46-42-44(26-28-48(46)66(50)32-22-40-86(73,74)75)84(72,78-36-18-9-8-16-34-76-5)80-38-20-14-30-64-52(69)56(60,61)62/h10-12,23-28,41-42,67H,6-9,13-22,29-40H2,1-5H3,(H3-,63,64,68,69,70,73,74,75)/p+1. The number of anilines is 1. The van der Waals surface area contributed by atoms with Crippen LogP contribution in [-0.4, -0.2) is 142 Å². The zero-order chi connectivity index (χ0) is 63.7. The predicted molar refractivity (Wildman–Crippen MR) is 316 cm³/mol. The number of carbonyl (C=O) groups is 2. The van der Waals surface area contributed by atoms with Gasteiger partial charge >= 0.3 is 39.4 Å². The number of hydrogen-bond donors (Lipinski definition) is 5. The minimum Gasteiger partial charge on any atom is -0.396 e. The monoisotopic (exact) mass is 1310 g/mol.